The summed E-state index contributed by atoms with van der Waals surface area (Å²) in [7, 11) is 1.57. The Morgan fingerprint density at radius 3 is 2.72 bits per heavy atom. The van der Waals surface area contributed by atoms with Crippen molar-refractivity contribution in [3.8, 4) is 0 Å². The molecule has 4 rings (SSSR count). The lowest BCUT2D eigenvalue weighted by atomic mass is 10.0. The molecule has 7 nitrogen and oxygen atoms in total. The van der Waals surface area contributed by atoms with Crippen LogP contribution >= 0.6 is 0 Å². The fraction of sp³-hybridized carbons (Fsp3) is 0.238. The molecule has 148 valence electrons. The Hall–Kier alpha value is -3.55. The first-order valence-electron chi connectivity index (χ1n) is 9.28. The monoisotopic (exact) mass is 393 g/mol. The topological polar surface area (TPSA) is 91.0 Å². The average molecular weight is 393 g/mol. The van der Waals surface area contributed by atoms with Crippen LogP contribution in [0.25, 0.3) is 0 Å². The first kappa shape index (κ1) is 18.8. The molecule has 0 bridgehead atoms. The predicted octanol–water partition coefficient (Wildman–Crippen LogP) is 2.05. The summed E-state index contributed by atoms with van der Waals surface area (Å²) in [5.74, 6) is -0.827. The number of hydrogen-bond donors (Lipinski definition) is 2. The van der Waals surface area contributed by atoms with Gasteiger partial charge in [0.1, 0.15) is 18.0 Å². The van der Waals surface area contributed by atoms with Crippen LogP contribution in [0, 0.1) is 0 Å². The largest absolute Gasteiger partial charge is 0.335 e. The van der Waals surface area contributed by atoms with Crippen molar-refractivity contribution in [2.75, 3.05) is 11.9 Å². The van der Waals surface area contributed by atoms with E-state index in [0.29, 0.717) is 17.9 Å². The maximum absolute atomic E-state index is 14.9. The van der Waals surface area contributed by atoms with Gasteiger partial charge in [0.2, 0.25) is 5.82 Å². The Labute approximate surface area is 167 Å². The Bertz CT molecular complexity index is 1040. The van der Waals surface area contributed by atoms with Crippen LogP contribution in [0.2, 0.25) is 0 Å². The molecule has 0 radical (unpaired) electrons. The maximum atomic E-state index is 14.9. The van der Waals surface area contributed by atoms with Crippen LogP contribution in [-0.4, -0.2) is 46.3 Å². The summed E-state index contributed by atoms with van der Waals surface area (Å²) in [6.45, 7) is 0. The minimum atomic E-state index is -1.56. The summed E-state index contributed by atoms with van der Waals surface area (Å²) in [6.07, 6.45) is -1.04. The molecule has 3 aromatic rings. The summed E-state index contributed by atoms with van der Waals surface area (Å²) in [5, 5.41) is 9.10. The highest BCUT2D eigenvalue weighted by molar-refractivity contribution is 6.02. The van der Waals surface area contributed by atoms with E-state index in [2.05, 4.69) is 20.5 Å². The minimum Gasteiger partial charge on any atom is -0.335 e. The molecule has 0 fully saturated rings. The van der Waals surface area contributed by atoms with E-state index in [0.717, 1.165) is 11.1 Å². The fourth-order valence-corrected chi connectivity index (χ4v) is 3.44. The molecule has 0 saturated heterocycles. The Balaban J connectivity index is 1.49. The van der Waals surface area contributed by atoms with Gasteiger partial charge in [-0.05, 0) is 17.2 Å². The van der Waals surface area contributed by atoms with Gasteiger partial charge in [-0.15, -0.1) is 5.10 Å². The van der Waals surface area contributed by atoms with Crippen LogP contribution in [0.1, 0.15) is 27.6 Å². The number of aromatic amines is 1. The van der Waals surface area contributed by atoms with Gasteiger partial charge >= 0.3 is 0 Å². The van der Waals surface area contributed by atoms with Gasteiger partial charge in [-0.2, -0.15) is 0 Å². The van der Waals surface area contributed by atoms with Crippen molar-refractivity contribution in [2.45, 2.75) is 25.1 Å². The summed E-state index contributed by atoms with van der Waals surface area (Å²) in [5.41, 5.74) is 2.37. The second-order valence-corrected chi connectivity index (χ2v) is 6.97. The number of rotatable bonds is 4. The fourth-order valence-electron chi connectivity index (χ4n) is 3.44. The van der Waals surface area contributed by atoms with E-state index >= 15 is 0 Å². The highest BCUT2D eigenvalue weighted by atomic mass is 19.1. The van der Waals surface area contributed by atoms with Crippen molar-refractivity contribution in [1.29, 1.82) is 0 Å². The number of anilines is 1. The third kappa shape index (κ3) is 3.87. The van der Waals surface area contributed by atoms with E-state index < -0.39 is 24.0 Å². The lowest BCUT2D eigenvalue weighted by Gasteiger charge is -2.22. The Morgan fingerprint density at radius 2 is 1.93 bits per heavy atom. The first-order chi connectivity index (χ1) is 14.0. The maximum Gasteiger partial charge on any atom is 0.291 e. The van der Waals surface area contributed by atoms with E-state index in [1.807, 2.05) is 30.3 Å². The van der Waals surface area contributed by atoms with Crippen molar-refractivity contribution in [3.63, 3.8) is 0 Å². The molecule has 0 spiro atoms. The standard InChI is InChI=1S/C21H20FN5O2/c1-27-16-10-6-5-9-14(16)12-15(22)18(21(27)29)24-20(28)19-23-17(25-26-19)11-13-7-3-2-4-8-13/h2-10,15,18H,11-12H2,1H3,(H,24,28)(H,23,25,26). The zero-order valence-corrected chi connectivity index (χ0v) is 15.8. The van der Waals surface area contributed by atoms with E-state index in [4.69, 9.17) is 0 Å². The number of carbonyl (C=O) groups is 2. The number of benzene rings is 2. The second kappa shape index (κ2) is 7.83. The van der Waals surface area contributed by atoms with E-state index in [9.17, 15) is 14.0 Å². The SMILES string of the molecule is CN1C(=O)C(NC(=O)c2n[nH]c(Cc3ccccc3)n2)C(F)Cc2ccccc21. The molecule has 1 aliphatic heterocycles. The van der Waals surface area contributed by atoms with Gasteiger partial charge in [0.25, 0.3) is 11.8 Å². The van der Waals surface area contributed by atoms with Crippen LogP contribution in [0.5, 0.6) is 0 Å². The van der Waals surface area contributed by atoms with Gasteiger partial charge in [0.05, 0.1) is 0 Å². The zero-order valence-electron chi connectivity index (χ0n) is 15.8. The predicted molar refractivity (Wildman–Crippen MR) is 105 cm³/mol. The highest BCUT2D eigenvalue weighted by Gasteiger charge is 2.37. The van der Waals surface area contributed by atoms with Crippen molar-refractivity contribution in [3.05, 3.63) is 77.4 Å². The summed E-state index contributed by atoms with van der Waals surface area (Å²) in [4.78, 5) is 30.9. The molecule has 2 amide bonds. The lowest BCUT2D eigenvalue weighted by Crippen LogP contribution is -2.52. The normalized spacial score (nSPS) is 18.8. The highest BCUT2D eigenvalue weighted by Crippen LogP contribution is 2.27. The average Bonchev–Trinajstić information content (AvgIpc) is 3.17. The Morgan fingerprint density at radius 1 is 1.21 bits per heavy atom. The summed E-state index contributed by atoms with van der Waals surface area (Å²) < 4.78 is 14.9. The van der Waals surface area contributed by atoms with Crippen LogP contribution < -0.4 is 10.2 Å². The quantitative estimate of drug-likeness (QED) is 0.710. The zero-order chi connectivity index (χ0) is 20.4. The molecule has 8 heteroatoms. The summed E-state index contributed by atoms with van der Waals surface area (Å²) >= 11 is 0. The molecule has 2 N–H and O–H groups in total. The molecule has 2 atom stereocenters. The number of H-pyrrole nitrogens is 1. The molecule has 2 aromatic carbocycles. The molecule has 1 aromatic heterocycles. The van der Waals surface area contributed by atoms with E-state index in [1.54, 1.807) is 31.3 Å². The third-order valence-corrected chi connectivity index (χ3v) is 4.96. The van der Waals surface area contributed by atoms with Crippen LogP contribution in [0.3, 0.4) is 0 Å². The molecule has 1 aliphatic rings. The molecule has 0 aliphatic carbocycles. The van der Waals surface area contributed by atoms with Gasteiger partial charge in [-0.3, -0.25) is 14.7 Å². The van der Waals surface area contributed by atoms with Crippen LogP contribution in [0.15, 0.2) is 54.6 Å². The number of carbonyl (C=O) groups excluding carboxylic acids is 2. The number of hydrogen-bond acceptors (Lipinski definition) is 4. The second-order valence-electron chi connectivity index (χ2n) is 6.97. The number of nitrogens with zero attached hydrogens (tertiary/aromatic N) is 3. The van der Waals surface area contributed by atoms with Crippen molar-refractivity contribution in [1.82, 2.24) is 20.5 Å². The van der Waals surface area contributed by atoms with Gasteiger partial charge in [0, 0.05) is 25.6 Å². The van der Waals surface area contributed by atoms with Crippen LogP contribution in [-0.2, 0) is 17.6 Å². The Kier molecular flexibility index (Phi) is 5.07. The third-order valence-electron chi connectivity index (χ3n) is 4.96. The number of nitrogens with one attached hydrogen (secondary N) is 2. The molecule has 29 heavy (non-hydrogen) atoms. The minimum absolute atomic E-state index is 0.0322. The van der Waals surface area contributed by atoms with E-state index in [1.165, 1.54) is 4.90 Å². The molecule has 2 heterocycles. The van der Waals surface area contributed by atoms with Crippen LogP contribution in [0.4, 0.5) is 10.1 Å². The number of amides is 2. The molecule has 2 unspecified atom stereocenters. The van der Waals surface area contributed by atoms with Gasteiger partial charge in [0.15, 0.2) is 0 Å². The summed E-state index contributed by atoms with van der Waals surface area (Å²) in [6, 6.07) is 15.4. The number of para-hydroxylation sites is 1. The number of aromatic nitrogens is 3. The molecular formula is C21H20FN5O2. The molecule has 0 saturated carbocycles. The van der Waals surface area contributed by atoms with Crippen molar-refractivity contribution >= 4 is 17.5 Å². The van der Waals surface area contributed by atoms with Gasteiger partial charge < -0.3 is 10.2 Å². The van der Waals surface area contributed by atoms with Crippen molar-refractivity contribution in [2.24, 2.45) is 0 Å². The number of halogens is 1. The van der Waals surface area contributed by atoms with E-state index in [-0.39, 0.29) is 12.2 Å². The number of alkyl halides is 1. The number of fused-ring (bicyclic) bond motifs is 1. The van der Waals surface area contributed by atoms with Gasteiger partial charge in [-0.25, -0.2) is 9.37 Å². The van der Waals surface area contributed by atoms with Crippen molar-refractivity contribution < 1.29 is 14.0 Å². The molecular weight excluding hydrogens is 373 g/mol. The smallest absolute Gasteiger partial charge is 0.291 e. The van der Waals surface area contributed by atoms with Gasteiger partial charge in [-0.1, -0.05) is 48.5 Å². The lowest BCUT2D eigenvalue weighted by molar-refractivity contribution is -0.121. The first-order valence-corrected chi connectivity index (χ1v) is 9.28. The number of likely N-dealkylation sites (N-methyl/N-ethyl adjacent to an activating group) is 1.